The molecule has 2 aliphatic heterocycles. The van der Waals surface area contributed by atoms with Crippen molar-refractivity contribution in [3.8, 4) is 0 Å². The number of likely N-dealkylation sites (tertiary alicyclic amines) is 2. The monoisotopic (exact) mass is 248 g/mol. The van der Waals surface area contributed by atoms with Crippen LogP contribution in [0, 0.1) is 5.92 Å². The molecule has 0 spiro atoms. The lowest BCUT2D eigenvalue weighted by Crippen LogP contribution is -2.25. The van der Waals surface area contributed by atoms with Gasteiger partial charge < -0.3 is 4.90 Å². The van der Waals surface area contributed by atoms with E-state index in [2.05, 4.69) is 18.9 Å². The van der Waals surface area contributed by atoms with E-state index >= 15 is 0 Å². The van der Waals surface area contributed by atoms with Crippen LogP contribution in [-0.4, -0.2) is 55.5 Å². The van der Waals surface area contributed by atoms with Crippen LogP contribution in [-0.2, 0) is 0 Å². The maximum Gasteiger partial charge on any atom is 0.261 e. The highest BCUT2D eigenvalue weighted by Gasteiger charge is 2.37. The van der Waals surface area contributed by atoms with Gasteiger partial charge >= 0.3 is 0 Å². The highest BCUT2D eigenvalue weighted by atomic mass is 19.3. The summed E-state index contributed by atoms with van der Waals surface area (Å²) in [6, 6.07) is 0. The molecule has 0 aromatic rings. The Morgan fingerprint density at radius 2 is 2.00 bits per heavy atom. The van der Waals surface area contributed by atoms with Crippen LogP contribution in [0.25, 0.3) is 0 Å². The van der Waals surface area contributed by atoms with E-state index in [0.717, 1.165) is 18.9 Å². The lowest BCUT2D eigenvalue weighted by molar-refractivity contribution is 0.0123. The Labute approximate surface area is 104 Å². The molecule has 4 heteroatoms. The van der Waals surface area contributed by atoms with Gasteiger partial charge in [-0.05, 0) is 38.9 Å². The molecule has 1 atom stereocenters. The van der Waals surface area contributed by atoms with Gasteiger partial charge in [0.1, 0.15) is 0 Å². The largest absolute Gasteiger partial charge is 0.306 e. The van der Waals surface area contributed by atoms with Gasteiger partial charge in [-0.25, -0.2) is 8.78 Å². The minimum Gasteiger partial charge on any atom is -0.306 e. The van der Waals surface area contributed by atoms with E-state index in [1.807, 2.05) is 11.8 Å². The first-order chi connectivity index (χ1) is 7.93. The second kappa shape index (κ2) is 6.64. The predicted molar refractivity (Wildman–Crippen MR) is 67.6 cm³/mol. The molecule has 2 aliphatic rings. The van der Waals surface area contributed by atoms with E-state index < -0.39 is 5.92 Å². The third kappa shape index (κ3) is 5.77. The summed E-state index contributed by atoms with van der Waals surface area (Å²) in [7, 11) is 2.18. The van der Waals surface area contributed by atoms with E-state index in [1.165, 1.54) is 19.5 Å². The number of hydrogen-bond acceptors (Lipinski definition) is 2. The van der Waals surface area contributed by atoms with Gasteiger partial charge in [-0.3, -0.25) is 4.90 Å². The molecule has 102 valence electrons. The zero-order valence-corrected chi connectivity index (χ0v) is 11.4. The molecule has 2 saturated heterocycles. The molecule has 0 bridgehead atoms. The van der Waals surface area contributed by atoms with Crippen LogP contribution >= 0.6 is 0 Å². The number of halogens is 2. The summed E-state index contributed by atoms with van der Waals surface area (Å²) in [6.07, 6.45) is 2.42. The van der Waals surface area contributed by atoms with Crippen LogP contribution < -0.4 is 0 Å². The topological polar surface area (TPSA) is 6.48 Å². The van der Waals surface area contributed by atoms with Crippen molar-refractivity contribution < 1.29 is 8.78 Å². The second-order valence-corrected chi connectivity index (χ2v) is 5.54. The van der Waals surface area contributed by atoms with Crippen molar-refractivity contribution in [2.45, 2.75) is 39.0 Å². The SMILES string of the molecule is CC1CCN(C)C1.CCCN1CCC(F)(F)C1. The fourth-order valence-electron chi connectivity index (χ4n) is 2.47. The number of alkyl halides is 2. The van der Waals surface area contributed by atoms with Crippen molar-refractivity contribution in [3.63, 3.8) is 0 Å². The number of rotatable bonds is 2. The highest BCUT2D eigenvalue weighted by molar-refractivity contribution is 4.80. The number of nitrogens with zero attached hydrogens (tertiary/aromatic N) is 2. The molecule has 1 unspecified atom stereocenters. The molecule has 2 nitrogen and oxygen atoms in total. The van der Waals surface area contributed by atoms with Crippen molar-refractivity contribution in [2.24, 2.45) is 5.92 Å². The van der Waals surface area contributed by atoms with Crippen LogP contribution in [0.1, 0.15) is 33.1 Å². The van der Waals surface area contributed by atoms with Gasteiger partial charge in [0.2, 0.25) is 0 Å². The highest BCUT2D eigenvalue weighted by Crippen LogP contribution is 2.26. The third-order valence-corrected chi connectivity index (χ3v) is 3.42. The molecule has 0 amide bonds. The van der Waals surface area contributed by atoms with E-state index in [9.17, 15) is 8.78 Å². The number of hydrogen-bond donors (Lipinski definition) is 0. The fraction of sp³-hybridized carbons (Fsp3) is 1.00. The van der Waals surface area contributed by atoms with Gasteiger partial charge in [0.05, 0.1) is 6.54 Å². The van der Waals surface area contributed by atoms with E-state index in [0.29, 0.717) is 6.54 Å². The summed E-state index contributed by atoms with van der Waals surface area (Å²) >= 11 is 0. The molecule has 2 heterocycles. The lowest BCUT2D eigenvalue weighted by Gasteiger charge is -2.13. The molecule has 2 fully saturated rings. The van der Waals surface area contributed by atoms with E-state index in [-0.39, 0.29) is 13.0 Å². The molecule has 0 N–H and O–H groups in total. The Morgan fingerprint density at radius 1 is 1.29 bits per heavy atom. The minimum absolute atomic E-state index is 0.0269. The average molecular weight is 248 g/mol. The Balaban J connectivity index is 0.000000181. The Hall–Kier alpha value is -0.220. The maximum atomic E-state index is 12.5. The van der Waals surface area contributed by atoms with Crippen molar-refractivity contribution in [2.75, 3.05) is 39.8 Å². The molecule has 0 radical (unpaired) electrons. The summed E-state index contributed by atoms with van der Waals surface area (Å²) in [5.74, 6) is -1.46. The van der Waals surface area contributed by atoms with Crippen LogP contribution in [0.2, 0.25) is 0 Å². The fourth-order valence-corrected chi connectivity index (χ4v) is 2.47. The van der Waals surface area contributed by atoms with Gasteiger partial charge in [-0.15, -0.1) is 0 Å². The molecule has 0 aromatic heterocycles. The molecule has 0 saturated carbocycles. The average Bonchev–Trinajstić information content (AvgIpc) is 2.74. The zero-order valence-electron chi connectivity index (χ0n) is 11.4. The first-order valence-corrected chi connectivity index (χ1v) is 6.71. The second-order valence-electron chi connectivity index (χ2n) is 5.54. The van der Waals surface area contributed by atoms with E-state index in [4.69, 9.17) is 0 Å². The summed E-state index contributed by atoms with van der Waals surface area (Å²) < 4.78 is 25.0. The summed E-state index contributed by atoms with van der Waals surface area (Å²) in [5, 5.41) is 0. The Kier molecular flexibility index (Phi) is 5.80. The van der Waals surface area contributed by atoms with Crippen LogP contribution in [0.15, 0.2) is 0 Å². The lowest BCUT2D eigenvalue weighted by atomic mass is 10.2. The third-order valence-electron chi connectivity index (χ3n) is 3.42. The van der Waals surface area contributed by atoms with Gasteiger partial charge in [0, 0.05) is 19.5 Å². The van der Waals surface area contributed by atoms with Gasteiger partial charge in [0.25, 0.3) is 5.92 Å². The van der Waals surface area contributed by atoms with Crippen molar-refractivity contribution in [1.82, 2.24) is 9.80 Å². The molecule has 0 aromatic carbocycles. The molecule has 0 aliphatic carbocycles. The zero-order chi connectivity index (χ0) is 12.9. The molecule has 2 rings (SSSR count). The van der Waals surface area contributed by atoms with E-state index in [1.54, 1.807) is 0 Å². The normalized spacial score (nSPS) is 29.1. The summed E-state index contributed by atoms with van der Waals surface area (Å²) in [5.41, 5.74) is 0. The smallest absolute Gasteiger partial charge is 0.261 e. The summed E-state index contributed by atoms with van der Waals surface area (Å²) in [4.78, 5) is 4.20. The quantitative estimate of drug-likeness (QED) is 0.741. The van der Waals surface area contributed by atoms with Gasteiger partial charge in [0.15, 0.2) is 0 Å². The molecule has 17 heavy (non-hydrogen) atoms. The predicted octanol–water partition coefficient (Wildman–Crippen LogP) is 2.70. The minimum atomic E-state index is -2.41. The standard InChI is InChI=1S/C7H13F2N.C6H13N/c1-2-4-10-5-3-7(8,9)6-10;1-6-3-4-7(2)5-6/h2-6H2,1H3;6H,3-5H2,1-2H3. The van der Waals surface area contributed by atoms with Gasteiger partial charge in [-0.2, -0.15) is 0 Å². The molecular formula is C13H26F2N2. The maximum absolute atomic E-state index is 12.5. The van der Waals surface area contributed by atoms with Crippen molar-refractivity contribution >= 4 is 0 Å². The van der Waals surface area contributed by atoms with Crippen LogP contribution in [0.4, 0.5) is 8.78 Å². The van der Waals surface area contributed by atoms with Gasteiger partial charge in [-0.1, -0.05) is 13.8 Å². The van der Waals surface area contributed by atoms with Crippen molar-refractivity contribution in [3.05, 3.63) is 0 Å². The van der Waals surface area contributed by atoms with Crippen LogP contribution in [0.3, 0.4) is 0 Å². The Bertz CT molecular complexity index is 213. The first-order valence-electron chi connectivity index (χ1n) is 6.71. The van der Waals surface area contributed by atoms with Crippen molar-refractivity contribution in [1.29, 1.82) is 0 Å². The summed E-state index contributed by atoms with van der Waals surface area (Å²) in [6.45, 7) is 8.29. The van der Waals surface area contributed by atoms with Crippen LogP contribution in [0.5, 0.6) is 0 Å². The Morgan fingerprint density at radius 3 is 2.29 bits per heavy atom. The molecular weight excluding hydrogens is 222 g/mol. The first kappa shape index (κ1) is 14.8.